The van der Waals surface area contributed by atoms with Gasteiger partial charge in [0.25, 0.3) is 0 Å². The van der Waals surface area contributed by atoms with Gasteiger partial charge in [-0.1, -0.05) is 74.5 Å². The predicted octanol–water partition coefficient (Wildman–Crippen LogP) is 4.01. The Morgan fingerprint density at radius 2 is 1.63 bits per heavy atom. The van der Waals surface area contributed by atoms with Crippen molar-refractivity contribution in [2.45, 2.75) is 38.8 Å². The average Bonchev–Trinajstić information content (AvgIpc) is 3.22. The molecule has 3 aromatic rings. The summed E-state index contributed by atoms with van der Waals surface area (Å²) in [4.78, 5) is 25.2. The Labute approximate surface area is 175 Å². The molecule has 1 aromatic heterocycles. The molecule has 0 radical (unpaired) electrons. The topological polar surface area (TPSA) is 96.1 Å². The Kier molecular flexibility index (Phi) is 7.21. The Morgan fingerprint density at radius 3 is 2.23 bits per heavy atom. The number of ether oxygens (including phenoxy) is 1. The van der Waals surface area contributed by atoms with Crippen molar-refractivity contribution in [3.63, 3.8) is 0 Å². The molecule has 0 saturated heterocycles. The SMILES string of the molecule is CC(C)c1cc(NC(=O)C(Cc2ccccc2)NC(=O)OCc2ccccc2)n[nH]1. The van der Waals surface area contributed by atoms with Crippen LogP contribution in [-0.2, 0) is 22.6 Å². The number of nitrogens with one attached hydrogen (secondary N) is 3. The number of hydrogen-bond acceptors (Lipinski definition) is 4. The number of aromatic nitrogens is 2. The summed E-state index contributed by atoms with van der Waals surface area (Å²) in [5, 5.41) is 12.5. The Morgan fingerprint density at radius 1 is 1.00 bits per heavy atom. The fourth-order valence-corrected chi connectivity index (χ4v) is 2.88. The number of rotatable bonds is 8. The van der Waals surface area contributed by atoms with E-state index in [1.54, 1.807) is 6.07 Å². The number of H-pyrrole nitrogens is 1. The van der Waals surface area contributed by atoms with Crippen LogP contribution in [0.15, 0.2) is 66.7 Å². The first-order chi connectivity index (χ1) is 14.5. The minimum Gasteiger partial charge on any atom is -0.445 e. The summed E-state index contributed by atoms with van der Waals surface area (Å²) < 4.78 is 5.28. The number of hydrogen-bond donors (Lipinski definition) is 3. The van der Waals surface area contributed by atoms with E-state index < -0.39 is 12.1 Å². The fourth-order valence-electron chi connectivity index (χ4n) is 2.88. The molecule has 1 unspecified atom stereocenters. The first kappa shape index (κ1) is 21.1. The third kappa shape index (κ3) is 6.20. The molecule has 2 amide bonds. The van der Waals surface area contributed by atoms with Crippen molar-refractivity contribution in [2.75, 3.05) is 5.32 Å². The van der Waals surface area contributed by atoms with Gasteiger partial charge in [-0.15, -0.1) is 0 Å². The van der Waals surface area contributed by atoms with Crippen LogP contribution in [0.5, 0.6) is 0 Å². The smallest absolute Gasteiger partial charge is 0.408 e. The summed E-state index contributed by atoms with van der Waals surface area (Å²) in [6.07, 6.45) is -0.325. The van der Waals surface area contributed by atoms with E-state index in [1.807, 2.05) is 74.5 Å². The van der Waals surface area contributed by atoms with E-state index in [0.717, 1.165) is 16.8 Å². The highest BCUT2D eigenvalue weighted by Gasteiger charge is 2.23. The first-order valence-corrected chi connectivity index (χ1v) is 9.88. The lowest BCUT2D eigenvalue weighted by atomic mass is 10.1. The summed E-state index contributed by atoms with van der Waals surface area (Å²) in [6, 6.07) is 19.8. The number of alkyl carbamates (subject to hydrolysis) is 1. The van der Waals surface area contributed by atoms with Crippen molar-refractivity contribution in [3.8, 4) is 0 Å². The number of benzene rings is 2. The Hall–Kier alpha value is -3.61. The van der Waals surface area contributed by atoms with Crippen molar-refractivity contribution < 1.29 is 14.3 Å². The summed E-state index contributed by atoms with van der Waals surface area (Å²) in [5.41, 5.74) is 2.71. The van der Waals surface area contributed by atoms with E-state index in [1.165, 1.54) is 0 Å². The van der Waals surface area contributed by atoms with Gasteiger partial charge in [-0.25, -0.2) is 4.79 Å². The zero-order chi connectivity index (χ0) is 21.3. The highest BCUT2D eigenvalue weighted by molar-refractivity contribution is 5.96. The lowest BCUT2D eigenvalue weighted by Crippen LogP contribution is -2.45. The minimum absolute atomic E-state index is 0.128. The maximum absolute atomic E-state index is 12.9. The Bertz CT molecular complexity index is 955. The van der Waals surface area contributed by atoms with Gasteiger partial charge < -0.3 is 15.4 Å². The predicted molar refractivity (Wildman–Crippen MR) is 115 cm³/mol. The zero-order valence-electron chi connectivity index (χ0n) is 17.1. The number of carbonyl (C=O) groups excluding carboxylic acids is 2. The summed E-state index contributed by atoms with van der Waals surface area (Å²) >= 11 is 0. The van der Waals surface area contributed by atoms with Crippen LogP contribution in [0, 0.1) is 0 Å². The molecule has 3 rings (SSSR count). The van der Waals surface area contributed by atoms with E-state index in [2.05, 4.69) is 20.8 Å². The molecule has 0 aliphatic heterocycles. The molecule has 7 heteroatoms. The number of anilines is 1. The monoisotopic (exact) mass is 406 g/mol. The normalized spacial score (nSPS) is 11.7. The molecule has 0 aliphatic carbocycles. The van der Waals surface area contributed by atoms with E-state index >= 15 is 0 Å². The summed E-state index contributed by atoms with van der Waals surface area (Å²) in [7, 11) is 0. The quantitative estimate of drug-likeness (QED) is 0.527. The van der Waals surface area contributed by atoms with E-state index in [0.29, 0.717) is 12.2 Å². The minimum atomic E-state index is -0.810. The van der Waals surface area contributed by atoms with Crippen molar-refractivity contribution >= 4 is 17.8 Å². The van der Waals surface area contributed by atoms with Crippen LogP contribution in [0.1, 0.15) is 36.6 Å². The zero-order valence-corrected chi connectivity index (χ0v) is 17.1. The molecular weight excluding hydrogens is 380 g/mol. The van der Waals surface area contributed by atoms with E-state index in [4.69, 9.17) is 4.74 Å². The molecule has 7 nitrogen and oxygen atoms in total. The van der Waals surface area contributed by atoms with Gasteiger partial charge in [0.2, 0.25) is 5.91 Å². The molecule has 2 aromatic carbocycles. The number of aromatic amines is 1. The van der Waals surface area contributed by atoms with Crippen LogP contribution in [0.3, 0.4) is 0 Å². The molecule has 1 heterocycles. The first-order valence-electron chi connectivity index (χ1n) is 9.88. The molecule has 156 valence electrons. The molecule has 0 saturated carbocycles. The van der Waals surface area contributed by atoms with Crippen molar-refractivity contribution in [1.29, 1.82) is 0 Å². The van der Waals surface area contributed by atoms with Crippen molar-refractivity contribution in [2.24, 2.45) is 0 Å². The van der Waals surface area contributed by atoms with Crippen LogP contribution in [0.25, 0.3) is 0 Å². The van der Waals surface area contributed by atoms with Crippen molar-refractivity contribution in [1.82, 2.24) is 15.5 Å². The summed E-state index contributed by atoms with van der Waals surface area (Å²) in [5.74, 6) is 0.313. The van der Waals surface area contributed by atoms with Gasteiger partial charge in [0.15, 0.2) is 5.82 Å². The molecule has 1 atom stereocenters. The Balaban J connectivity index is 1.65. The second-order valence-corrected chi connectivity index (χ2v) is 7.30. The molecule has 0 fully saturated rings. The van der Waals surface area contributed by atoms with Crippen LogP contribution in [-0.4, -0.2) is 28.2 Å². The van der Waals surface area contributed by atoms with Gasteiger partial charge in [-0.3, -0.25) is 9.89 Å². The van der Waals surface area contributed by atoms with Crippen LogP contribution < -0.4 is 10.6 Å². The van der Waals surface area contributed by atoms with Gasteiger partial charge in [0.05, 0.1) is 0 Å². The van der Waals surface area contributed by atoms with Gasteiger partial charge >= 0.3 is 6.09 Å². The number of carbonyl (C=O) groups is 2. The van der Waals surface area contributed by atoms with Crippen LogP contribution in [0.4, 0.5) is 10.6 Å². The summed E-state index contributed by atoms with van der Waals surface area (Å²) in [6.45, 7) is 4.19. The van der Waals surface area contributed by atoms with Gasteiger partial charge in [-0.05, 0) is 17.0 Å². The second kappa shape index (κ2) is 10.2. The van der Waals surface area contributed by atoms with Gasteiger partial charge in [0.1, 0.15) is 12.6 Å². The van der Waals surface area contributed by atoms with Gasteiger partial charge in [-0.2, -0.15) is 5.10 Å². The molecule has 0 bridgehead atoms. The third-order valence-electron chi connectivity index (χ3n) is 4.57. The second-order valence-electron chi connectivity index (χ2n) is 7.30. The average molecular weight is 406 g/mol. The molecule has 0 spiro atoms. The lowest BCUT2D eigenvalue weighted by molar-refractivity contribution is -0.118. The fraction of sp³-hybridized carbons (Fsp3) is 0.261. The van der Waals surface area contributed by atoms with E-state index in [9.17, 15) is 9.59 Å². The largest absolute Gasteiger partial charge is 0.445 e. The maximum atomic E-state index is 12.9. The van der Waals surface area contributed by atoms with E-state index in [-0.39, 0.29) is 18.4 Å². The van der Waals surface area contributed by atoms with Crippen LogP contribution in [0.2, 0.25) is 0 Å². The third-order valence-corrected chi connectivity index (χ3v) is 4.57. The molecular formula is C23H26N4O3. The van der Waals surface area contributed by atoms with Crippen LogP contribution >= 0.6 is 0 Å². The highest BCUT2D eigenvalue weighted by Crippen LogP contribution is 2.15. The van der Waals surface area contributed by atoms with Gasteiger partial charge in [0, 0.05) is 18.2 Å². The lowest BCUT2D eigenvalue weighted by Gasteiger charge is -2.18. The maximum Gasteiger partial charge on any atom is 0.408 e. The standard InChI is InChI=1S/C23H26N4O3/c1-16(2)19-14-21(27-26-19)25-22(28)20(13-17-9-5-3-6-10-17)24-23(29)30-15-18-11-7-4-8-12-18/h3-12,14,16,20H,13,15H2,1-2H3,(H,24,29)(H2,25,26,27,28). The highest BCUT2D eigenvalue weighted by atomic mass is 16.5. The van der Waals surface area contributed by atoms with Crippen molar-refractivity contribution in [3.05, 3.63) is 83.6 Å². The molecule has 30 heavy (non-hydrogen) atoms. The molecule has 0 aliphatic rings. The number of amides is 2. The molecule has 3 N–H and O–H groups in total. The number of nitrogens with zero attached hydrogens (tertiary/aromatic N) is 1.